The molecule has 3 heterocycles. The number of aromatic nitrogens is 5. The zero-order valence-corrected chi connectivity index (χ0v) is 29.2. The number of hydrogen-bond donors (Lipinski definition) is 4. The molecule has 0 aliphatic carbocycles. The number of aliphatic hydroxyl groups is 1. The van der Waals surface area contributed by atoms with Crippen LogP contribution in [0.15, 0.2) is 36.8 Å². The van der Waals surface area contributed by atoms with Crippen molar-refractivity contribution in [2.75, 3.05) is 26.7 Å². The fourth-order valence-electron chi connectivity index (χ4n) is 5.37. The number of amides is 4. The van der Waals surface area contributed by atoms with Crippen LogP contribution in [-0.4, -0.2) is 104 Å². The summed E-state index contributed by atoms with van der Waals surface area (Å²) in [5.74, 6) is -0.653. The zero-order chi connectivity index (χ0) is 36.2. The minimum Gasteiger partial charge on any atom is -0.493 e. The number of fused-ring (bicyclic) bond motifs is 4. The van der Waals surface area contributed by atoms with Crippen LogP contribution in [0.2, 0.25) is 0 Å². The first kappa shape index (κ1) is 37.7. The van der Waals surface area contributed by atoms with Gasteiger partial charge >= 0.3 is 0 Å². The highest BCUT2D eigenvalue weighted by Crippen LogP contribution is 2.29. The van der Waals surface area contributed by atoms with Gasteiger partial charge < -0.3 is 35.4 Å². The average molecular weight is 694 g/mol. The van der Waals surface area contributed by atoms with E-state index in [2.05, 4.69) is 36.2 Å². The van der Waals surface area contributed by atoms with Crippen LogP contribution in [0.3, 0.4) is 0 Å². The summed E-state index contributed by atoms with van der Waals surface area (Å²) < 4.78 is 13.1. The van der Waals surface area contributed by atoms with Gasteiger partial charge in [0.15, 0.2) is 11.5 Å². The number of methoxy groups -OCH3 is 1. The van der Waals surface area contributed by atoms with Gasteiger partial charge in [-0.15, -0.1) is 5.10 Å². The Hall–Kier alpha value is -5.12. The van der Waals surface area contributed by atoms with E-state index in [0.717, 1.165) is 0 Å². The van der Waals surface area contributed by atoms with Crippen LogP contribution in [0.25, 0.3) is 0 Å². The molecule has 2 aromatic heterocycles. The second-order valence-electron chi connectivity index (χ2n) is 12.7. The minimum atomic E-state index is -1.25. The Morgan fingerprint density at radius 1 is 1.04 bits per heavy atom. The third-order valence-corrected chi connectivity index (χ3v) is 8.06. The summed E-state index contributed by atoms with van der Waals surface area (Å²) in [7, 11) is 1.48. The number of carbonyl (C=O) groups is 4. The van der Waals surface area contributed by atoms with Crippen molar-refractivity contribution in [3.05, 3.63) is 59.4 Å². The van der Waals surface area contributed by atoms with Crippen LogP contribution >= 0.6 is 0 Å². The summed E-state index contributed by atoms with van der Waals surface area (Å²) in [6, 6.07) is 2.41. The van der Waals surface area contributed by atoms with E-state index in [1.807, 2.05) is 13.8 Å². The quantitative estimate of drug-likeness (QED) is 0.301. The number of benzene rings is 1. The molecule has 16 heteroatoms. The molecular weight excluding hydrogens is 646 g/mol. The second kappa shape index (κ2) is 18.0. The van der Waals surface area contributed by atoms with Crippen molar-refractivity contribution in [2.24, 2.45) is 5.92 Å². The maximum atomic E-state index is 13.5. The van der Waals surface area contributed by atoms with Gasteiger partial charge in [-0.1, -0.05) is 19.1 Å². The van der Waals surface area contributed by atoms with Gasteiger partial charge in [-0.2, -0.15) is 0 Å². The molecule has 4 N–H and O–H groups in total. The molecule has 1 aliphatic rings. The van der Waals surface area contributed by atoms with Gasteiger partial charge in [0.1, 0.15) is 30.2 Å². The van der Waals surface area contributed by atoms with Gasteiger partial charge in [0.2, 0.25) is 11.8 Å². The van der Waals surface area contributed by atoms with Crippen LogP contribution in [0.1, 0.15) is 78.7 Å². The lowest BCUT2D eigenvalue weighted by atomic mass is 10.0. The molecule has 3 aromatic rings. The highest BCUT2D eigenvalue weighted by atomic mass is 16.5. The molecule has 16 nitrogen and oxygen atoms in total. The Bertz CT molecular complexity index is 1610. The lowest BCUT2D eigenvalue weighted by molar-refractivity contribution is -0.132. The summed E-state index contributed by atoms with van der Waals surface area (Å²) in [5, 5.41) is 27.0. The lowest BCUT2D eigenvalue weighted by Crippen LogP contribution is -2.57. The largest absolute Gasteiger partial charge is 0.493 e. The Morgan fingerprint density at radius 3 is 2.48 bits per heavy atom. The predicted octanol–water partition coefficient (Wildman–Crippen LogP) is 1.42. The molecule has 4 rings (SSSR count). The molecule has 1 aliphatic heterocycles. The first-order valence-electron chi connectivity index (χ1n) is 16.8. The molecule has 1 aromatic carbocycles. The number of aliphatic hydroxyl groups excluding tert-OH is 1. The number of nitrogens with zero attached hydrogens (tertiary/aromatic N) is 6. The third kappa shape index (κ3) is 10.7. The van der Waals surface area contributed by atoms with Crippen molar-refractivity contribution in [2.45, 2.75) is 84.7 Å². The summed E-state index contributed by atoms with van der Waals surface area (Å²) in [6.07, 6.45) is 5.52. The Balaban J connectivity index is 1.58. The molecule has 0 fully saturated rings. The van der Waals surface area contributed by atoms with E-state index in [1.54, 1.807) is 34.8 Å². The molecule has 4 amide bonds. The third-order valence-electron chi connectivity index (χ3n) is 8.06. The Labute approximate surface area is 291 Å². The average Bonchev–Trinajstić information content (AvgIpc) is 3.54. The molecule has 0 saturated carbocycles. The number of carbonyl (C=O) groups excluding carboxylic acids is 4. The van der Waals surface area contributed by atoms with Crippen LogP contribution < -0.4 is 25.4 Å². The van der Waals surface area contributed by atoms with Crippen LogP contribution in [-0.2, 0) is 22.7 Å². The molecule has 0 radical (unpaired) electrons. The summed E-state index contributed by atoms with van der Waals surface area (Å²) in [5.41, 5.74) is 1.14. The number of aryl methyl sites for hydroxylation is 2. The number of rotatable bonds is 5. The monoisotopic (exact) mass is 693 g/mol. The fourth-order valence-corrected chi connectivity index (χ4v) is 5.37. The molecule has 3 atom stereocenters. The molecule has 4 bridgehead atoms. The van der Waals surface area contributed by atoms with Crippen molar-refractivity contribution >= 4 is 23.6 Å². The van der Waals surface area contributed by atoms with E-state index in [1.165, 1.54) is 32.5 Å². The van der Waals surface area contributed by atoms with Crippen molar-refractivity contribution in [1.29, 1.82) is 0 Å². The highest BCUT2D eigenvalue weighted by Gasteiger charge is 2.30. The molecule has 50 heavy (non-hydrogen) atoms. The van der Waals surface area contributed by atoms with Crippen molar-refractivity contribution in [1.82, 2.24) is 45.8 Å². The van der Waals surface area contributed by atoms with E-state index in [9.17, 15) is 24.3 Å². The lowest BCUT2D eigenvalue weighted by Gasteiger charge is -2.26. The maximum Gasteiger partial charge on any atom is 0.256 e. The van der Waals surface area contributed by atoms with Crippen molar-refractivity contribution < 1.29 is 33.8 Å². The van der Waals surface area contributed by atoms with Gasteiger partial charge in [-0.3, -0.25) is 23.9 Å². The van der Waals surface area contributed by atoms with E-state index in [-0.39, 0.29) is 42.7 Å². The second-order valence-corrected chi connectivity index (χ2v) is 12.7. The predicted molar refractivity (Wildman–Crippen MR) is 181 cm³/mol. The van der Waals surface area contributed by atoms with E-state index < -0.39 is 35.9 Å². The fraction of sp³-hybridized carbons (Fsp3) is 0.529. The van der Waals surface area contributed by atoms with Gasteiger partial charge in [0.25, 0.3) is 11.8 Å². The zero-order valence-electron chi connectivity index (χ0n) is 29.2. The van der Waals surface area contributed by atoms with Crippen LogP contribution in [0.4, 0.5) is 0 Å². The maximum absolute atomic E-state index is 13.5. The summed E-state index contributed by atoms with van der Waals surface area (Å²) in [4.78, 5) is 63.4. The first-order chi connectivity index (χ1) is 23.9. The smallest absolute Gasteiger partial charge is 0.256 e. The molecule has 0 saturated heterocycles. The van der Waals surface area contributed by atoms with Gasteiger partial charge in [-0.05, 0) is 63.6 Å². The number of hydrogen-bond acceptors (Lipinski definition) is 11. The normalized spacial score (nSPS) is 19.3. The SMILES string of the molecule is COc1ccc2cc1OCc1cn(nn1)CCCN(C(=O)c1cnc(C)nc1)CCCCNC(=O)[C@H]([C@@H](C)O)NC(=O)[C@@H](CC(C)C)NC2=O. The standard InChI is InChI=1S/C34H47N9O7/c1-21(2)15-27-32(46)39-30(22(3)44)33(47)35-11-6-7-12-42(34(48)25-17-36-23(4)37-18-25)13-8-14-43-19-26(40-41-43)20-50-29-16-24(31(45)38-27)9-10-28(29)49-5/h9-10,16-19,21-22,27,30,44H,6-8,11-15,20H2,1-5H3,(H,35,47)(H,38,45)(H,39,46)/t22-,27-,30+/m1/s1. The van der Waals surface area contributed by atoms with Crippen LogP contribution in [0, 0.1) is 12.8 Å². The van der Waals surface area contributed by atoms with Gasteiger partial charge in [-0.25, -0.2) is 9.97 Å². The highest BCUT2D eigenvalue weighted by molar-refractivity contribution is 5.99. The molecule has 0 spiro atoms. The minimum absolute atomic E-state index is 0.0184. The van der Waals surface area contributed by atoms with E-state index in [0.29, 0.717) is 61.7 Å². The Morgan fingerprint density at radius 2 is 1.78 bits per heavy atom. The number of nitrogens with one attached hydrogen (secondary N) is 3. The van der Waals surface area contributed by atoms with Gasteiger partial charge in [0, 0.05) is 44.1 Å². The topological polar surface area (TPSA) is 203 Å². The van der Waals surface area contributed by atoms with Crippen molar-refractivity contribution in [3.63, 3.8) is 0 Å². The van der Waals surface area contributed by atoms with Gasteiger partial charge in [0.05, 0.1) is 25.0 Å². The van der Waals surface area contributed by atoms with Crippen LogP contribution in [0.5, 0.6) is 11.5 Å². The van der Waals surface area contributed by atoms with Crippen molar-refractivity contribution in [3.8, 4) is 11.5 Å². The summed E-state index contributed by atoms with van der Waals surface area (Å²) in [6.45, 7) is 8.58. The Kier molecular flexibility index (Phi) is 13.6. The van der Waals surface area contributed by atoms with E-state index in [4.69, 9.17) is 9.47 Å². The summed E-state index contributed by atoms with van der Waals surface area (Å²) >= 11 is 0. The molecule has 0 unspecified atom stereocenters. The van der Waals surface area contributed by atoms with E-state index >= 15 is 0 Å². The molecular formula is C34H47N9O7. The molecule has 270 valence electrons. The number of ether oxygens (including phenoxy) is 2. The first-order valence-corrected chi connectivity index (χ1v) is 16.8.